The highest BCUT2D eigenvalue weighted by Gasteiger charge is 2.11. The van der Waals surface area contributed by atoms with Crippen LogP contribution in [0.1, 0.15) is 27.0 Å². The third-order valence-corrected chi connectivity index (χ3v) is 6.27. The van der Waals surface area contributed by atoms with Crippen molar-refractivity contribution < 1.29 is 14.6 Å². The lowest BCUT2D eigenvalue weighted by atomic mass is 10.0. The van der Waals surface area contributed by atoms with Gasteiger partial charge in [0, 0.05) is 0 Å². The number of aromatic carboxylic acids is 1. The Morgan fingerprint density at radius 2 is 1.55 bits per heavy atom. The van der Waals surface area contributed by atoms with Gasteiger partial charge in [0.2, 0.25) is 0 Å². The summed E-state index contributed by atoms with van der Waals surface area (Å²) in [6.45, 7) is 0.413. The minimum absolute atomic E-state index is 0.175. The SMILES string of the molecule is N#C/C(=C/c1cc(Br)c(OCc2ccc3ccccc3c2)c(Br)c1)c1ccc(C(=O)O)cc1. The minimum atomic E-state index is -1.00. The van der Waals surface area contributed by atoms with Crippen LogP contribution in [0.3, 0.4) is 0 Å². The summed E-state index contributed by atoms with van der Waals surface area (Å²) < 4.78 is 7.58. The van der Waals surface area contributed by atoms with Gasteiger partial charge in [-0.25, -0.2) is 4.79 Å². The van der Waals surface area contributed by atoms with E-state index in [-0.39, 0.29) is 5.56 Å². The molecule has 162 valence electrons. The zero-order valence-corrected chi connectivity index (χ0v) is 20.4. The summed E-state index contributed by atoms with van der Waals surface area (Å²) in [4.78, 5) is 11.0. The zero-order chi connectivity index (χ0) is 23.4. The Labute approximate surface area is 208 Å². The minimum Gasteiger partial charge on any atom is -0.487 e. The number of rotatable bonds is 6. The van der Waals surface area contributed by atoms with E-state index in [0.29, 0.717) is 23.5 Å². The summed E-state index contributed by atoms with van der Waals surface area (Å²) in [5, 5.41) is 21.0. The van der Waals surface area contributed by atoms with Crippen molar-refractivity contribution in [3.05, 3.63) is 110 Å². The maximum Gasteiger partial charge on any atom is 0.335 e. The van der Waals surface area contributed by atoms with Gasteiger partial charge in [-0.05, 0) is 95.7 Å². The van der Waals surface area contributed by atoms with Crippen LogP contribution in [0, 0.1) is 11.3 Å². The van der Waals surface area contributed by atoms with Gasteiger partial charge in [0.15, 0.2) is 0 Å². The molecule has 0 aliphatic rings. The summed E-state index contributed by atoms with van der Waals surface area (Å²) >= 11 is 7.14. The smallest absolute Gasteiger partial charge is 0.335 e. The topological polar surface area (TPSA) is 70.3 Å². The van der Waals surface area contributed by atoms with Gasteiger partial charge in [0.1, 0.15) is 12.4 Å². The maximum atomic E-state index is 11.0. The van der Waals surface area contributed by atoms with Crippen molar-refractivity contribution in [3.8, 4) is 11.8 Å². The second kappa shape index (κ2) is 10.0. The van der Waals surface area contributed by atoms with Crippen LogP contribution < -0.4 is 4.74 Å². The Morgan fingerprint density at radius 1 is 0.909 bits per heavy atom. The molecule has 33 heavy (non-hydrogen) atoms. The molecule has 0 aliphatic heterocycles. The predicted molar refractivity (Wildman–Crippen MR) is 137 cm³/mol. The van der Waals surface area contributed by atoms with Crippen LogP contribution in [0.25, 0.3) is 22.4 Å². The Kier molecular flexibility index (Phi) is 6.93. The first kappa shape index (κ1) is 22.8. The highest BCUT2D eigenvalue weighted by Crippen LogP contribution is 2.36. The standard InChI is InChI=1S/C27H17Br2NO3/c28-24-13-18(12-23(15-30)20-7-9-21(10-8-20)27(31)32)14-25(29)26(24)33-16-17-5-6-19-3-1-2-4-22(19)11-17/h1-14H,16H2,(H,31,32)/b23-12-. The second-order valence-electron chi connectivity index (χ2n) is 7.34. The predicted octanol–water partition coefficient (Wildman–Crippen LogP) is 7.71. The summed E-state index contributed by atoms with van der Waals surface area (Å²) in [5.41, 5.74) is 3.11. The van der Waals surface area contributed by atoms with Crippen LogP contribution in [0.15, 0.2) is 87.8 Å². The van der Waals surface area contributed by atoms with Gasteiger partial charge < -0.3 is 9.84 Å². The van der Waals surface area contributed by atoms with Crippen molar-refractivity contribution >= 4 is 60.3 Å². The first-order chi connectivity index (χ1) is 15.9. The molecule has 0 radical (unpaired) electrons. The van der Waals surface area contributed by atoms with Crippen LogP contribution in [0.5, 0.6) is 5.75 Å². The highest BCUT2D eigenvalue weighted by atomic mass is 79.9. The number of ether oxygens (including phenoxy) is 1. The number of carboxylic acid groups (broad SMARTS) is 1. The fraction of sp³-hybridized carbons (Fsp3) is 0.0370. The van der Waals surface area contributed by atoms with E-state index in [1.54, 1.807) is 18.2 Å². The molecular weight excluding hydrogens is 546 g/mol. The second-order valence-corrected chi connectivity index (χ2v) is 9.04. The number of nitriles is 1. The van der Waals surface area contributed by atoms with Gasteiger partial charge in [-0.15, -0.1) is 0 Å². The van der Waals surface area contributed by atoms with E-state index in [9.17, 15) is 10.1 Å². The molecule has 6 heteroatoms. The monoisotopic (exact) mass is 561 g/mol. The Hall–Kier alpha value is -3.40. The van der Waals surface area contributed by atoms with Crippen molar-refractivity contribution in [1.29, 1.82) is 5.26 Å². The molecule has 4 rings (SSSR count). The largest absolute Gasteiger partial charge is 0.487 e. The number of halogens is 2. The number of nitrogens with zero attached hydrogens (tertiary/aromatic N) is 1. The highest BCUT2D eigenvalue weighted by molar-refractivity contribution is 9.11. The zero-order valence-electron chi connectivity index (χ0n) is 17.3. The molecule has 0 saturated heterocycles. The first-order valence-electron chi connectivity index (χ1n) is 9.99. The van der Waals surface area contributed by atoms with E-state index in [1.165, 1.54) is 17.5 Å². The Bertz CT molecular complexity index is 1400. The number of hydrogen-bond donors (Lipinski definition) is 1. The van der Waals surface area contributed by atoms with Crippen LogP contribution in [-0.2, 0) is 6.61 Å². The number of benzene rings is 4. The molecule has 4 aromatic carbocycles. The van der Waals surface area contributed by atoms with Gasteiger partial charge in [-0.3, -0.25) is 0 Å². The van der Waals surface area contributed by atoms with E-state index in [0.717, 1.165) is 25.5 Å². The molecule has 0 aliphatic carbocycles. The lowest BCUT2D eigenvalue weighted by Gasteiger charge is -2.12. The van der Waals surface area contributed by atoms with Gasteiger partial charge in [-0.1, -0.05) is 48.5 Å². The normalized spacial score (nSPS) is 11.2. The molecule has 4 aromatic rings. The average Bonchev–Trinajstić information content (AvgIpc) is 2.82. The van der Waals surface area contributed by atoms with Gasteiger partial charge in [0.25, 0.3) is 0 Å². The molecule has 0 saturated carbocycles. The van der Waals surface area contributed by atoms with Crippen molar-refractivity contribution in [3.63, 3.8) is 0 Å². The van der Waals surface area contributed by atoms with Gasteiger partial charge >= 0.3 is 5.97 Å². The van der Waals surface area contributed by atoms with Crippen molar-refractivity contribution in [2.75, 3.05) is 0 Å². The molecule has 0 bridgehead atoms. The van der Waals surface area contributed by atoms with E-state index in [2.05, 4.69) is 68.3 Å². The Balaban J connectivity index is 1.55. The Morgan fingerprint density at radius 3 is 2.18 bits per heavy atom. The van der Waals surface area contributed by atoms with E-state index >= 15 is 0 Å². The fourth-order valence-electron chi connectivity index (χ4n) is 3.42. The molecule has 0 fully saturated rings. The van der Waals surface area contributed by atoms with Crippen molar-refractivity contribution in [2.24, 2.45) is 0 Å². The molecule has 1 N–H and O–H groups in total. The van der Waals surface area contributed by atoms with Crippen LogP contribution in [0.2, 0.25) is 0 Å². The quantitative estimate of drug-likeness (QED) is 0.193. The van der Waals surface area contributed by atoms with E-state index < -0.39 is 5.97 Å². The van der Waals surface area contributed by atoms with Crippen LogP contribution in [0.4, 0.5) is 0 Å². The number of allylic oxidation sites excluding steroid dienone is 1. The number of carbonyl (C=O) groups is 1. The molecule has 0 unspecified atom stereocenters. The summed E-state index contributed by atoms with van der Waals surface area (Å²) in [6, 6.07) is 26.6. The lowest BCUT2D eigenvalue weighted by Crippen LogP contribution is -1.97. The molecular formula is C27H17Br2NO3. The third-order valence-electron chi connectivity index (χ3n) is 5.09. The summed E-state index contributed by atoms with van der Waals surface area (Å²) in [6.07, 6.45) is 1.75. The molecule has 0 spiro atoms. The molecule has 4 nitrogen and oxygen atoms in total. The molecule has 0 aromatic heterocycles. The van der Waals surface area contributed by atoms with Gasteiger partial charge in [0.05, 0.1) is 26.2 Å². The van der Waals surface area contributed by atoms with E-state index in [4.69, 9.17) is 9.84 Å². The van der Waals surface area contributed by atoms with Crippen molar-refractivity contribution in [2.45, 2.75) is 6.61 Å². The lowest BCUT2D eigenvalue weighted by molar-refractivity contribution is 0.0697. The number of hydrogen-bond acceptors (Lipinski definition) is 3. The first-order valence-corrected chi connectivity index (χ1v) is 11.6. The summed E-state index contributed by atoms with van der Waals surface area (Å²) in [5.74, 6) is -0.333. The van der Waals surface area contributed by atoms with E-state index in [1.807, 2.05) is 24.3 Å². The van der Waals surface area contributed by atoms with Gasteiger partial charge in [-0.2, -0.15) is 5.26 Å². The van der Waals surface area contributed by atoms with Crippen LogP contribution in [-0.4, -0.2) is 11.1 Å². The van der Waals surface area contributed by atoms with Crippen LogP contribution >= 0.6 is 31.9 Å². The maximum absolute atomic E-state index is 11.0. The molecule has 0 heterocycles. The number of carboxylic acids is 1. The fourth-order valence-corrected chi connectivity index (χ4v) is 4.87. The molecule has 0 amide bonds. The summed E-state index contributed by atoms with van der Waals surface area (Å²) in [7, 11) is 0. The third kappa shape index (κ3) is 5.33. The number of fused-ring (bicyclic) bond motifs is 1. The average molecular weight is 563 g/mol. The molecule has 0 atom stereocenters. The van der Waals surface area contributed by atoms with Crippen molar-refractivity contribution in [1.82, 2.24) is 0 Å².